The van der Waals surface area contributed by atoms with Gasteiger partial charge < -0.3 is 14.2 Å². The molecule has 0 saturated carbocycles. The number of amides is 1. The lowest BCUT2D eigenvalue weighted by atomic mass is 9.87. The average molecular weight is 488 g/mol. The van der Waals surface area contributed by atoms with Crippen molar-refractivity contribution in [1.82, 2.24) is 9.47 Å². The number of rotatable bonds is 7. The summed E-state index contributed by atoms with van der Waals surface area (Å²) in [5.74, 6) is -0.672. The minimum Gasteiger partial charge on any atom is -0.378 e. The Kier molecular flexibility index (Phi) is 6.77. The van der Waals surface area contributed by atoms with E-state index in [1.807, 2.05) is 36.5 Å². The third-order valence-corrected chi connectivity index (χ3v) is 6.69. The first-order valence-corrected chi connectivity index (χ1v) is 11.9. The van der Waals surface area contributed by atoms with Gasteiger partial charge in [-0.25, -0.2) is 4.39 Å². The number of hydrogen-bond acceptors (Lipinski definition) is 4. The molecule has 0 radical (unpaired) electrons. The molecule has 1 fully saturated rings. The fourth-order valence-electron chi connectivity index (χ4n) is 4.85. The molecule has 0 aliphatic carbocycles. The zero-order chi connectivity index (χ0) is 25.1. The number of nitrogens with zero attached hydrogens (tertiary/aromatic N) is 3. The number of hydrogen-bond donors (Lipinski definition) is 0. The van der Waals surface area contributed by atoms with E-state index >= 15 is 0 Å². The second kappa shape index (κ2) is 10.3. The van der Waals surface area contributed by atoms with Crippen LogP contribution in [0.3, 0.4) is 0 Å². The molecule has 2 heterocycles. The quantitative estimate of drug-likeness (QED) is 0.268. The van der Waals surface area contributed by atoms with Gasteiger partial charge >= 0.3 is 0 Å². The Hall–Kier alpha value is -4.04. The molecule has 0 unspecified atom stereocenters. The van der Waals surface area contributed by atoms with Crippen molar-refractivity contribution in [1.29, 1.82) is 0 Å². The summed E-state index contributed by atoms with van der Waals surface area (Å²) in [5, 5.41) is 12.5. The molecule has 3 aromatic carbocycles. The molecule has 7 nitrogen and oxygen atoms in total. The number of aromatic nitrogens is 1. The normalized spacial score (nSPS) is 14.6. The van der Waals surface area contributed by atoms with E-state index < -0.39 is 4.92 Å². The first-order valence-electron chi connectivity index (χ1n) is 11.9. The molecule has 1 atom stereocenters. The zero-order valence-corrected chi connectivity index (χ0v) is 19.7. The number of nitro groups is 1. The second-order valence-corrected chi connectivity index (χ2v) is 8.96. The Bertz CT molecular complexity index is 1390. The van der Waals surface area contributed by atoms with Gasteiger partial charge in [-0.3, -0.25) is 14.9 Å². The average Bonchev–Trinajstić information content (AvgIpc) is 3.27. The molecule has 1 saturated heterocycles. The van der Waals surface area contributed by atoms with Gasteiger partial charge in [0.2, 0.25) is 5.91 Å². The van der Waals surface area contributed by atoms with E-state index in [4.69, 9.17) is 4.74 Å². The number of carbonyl (C=O) groups excluding carboxylic acids is 1. The summed E-state index contributed by atoms with van der Waals surface area (Å²) in [7, 11) is 0. The fraction of sp³-hybridized carbons (Fsp3) is 0.250. The molecule has 36 heavy (non-hydrogen) atoms. The lowest BCUT2D eigenvalue weighted by Gasteiger charge is -2.28. The SMILES string of the molecule is O=C(C[C@H](c1cccc([N+](=O)[O-])c1)c1cn(Cc2ccc(F)cc2)c2ccccc12)N1CCOCC1. The molecule has 8 heteroatoms. The van der Waals surface area contributed by atoms with Crippen molar-refractivity contribution in [2.45, 2.75) is 18.9 Å². The van der Waals surface area contributed by atoms with Crippen LogP contribution in [0.2, 0.25) is 0 Å². The van der Waals surface area contributed by atoms with E-state index in [1.165, 1.54) is 18.2 Å². The lowest BCUT2D eigenvalue weighted by molar-refractivity contribution is -0.384. The van der Waals surface area contributed by atoms with Crippen LogP contribution in [0.4, 0.5) is 10.1 Å². The Labute approximate surface area is 207 Å². The number of ether oxygens (including phenoxy) is 1. The van der Waals surface area contributed by atoms with Crippen molar-refractivity contribution < 1.29 is 18.8 Å². The molecule has 1 aliphatic rings. The van der Waals surface area contributed by atoms with Crippen LogP contribution in [-0.4, -0.2) is 46.6 Å². The topological polar surface area (TPSA) is 77.6 Å². The predicted octanol–water partition coefficient (Wildman–Crippen LogP) is 5.12. The van der Waals surface area contributed by atoms with Gasteiger partial charge in [0.1, 0.15) is 5.82 Å². The van der Waals surface area contributed by atoms with Crippen LogP contribution in [0.25, 0.3) is 10.9 Å². The first-order chi connectivity index (χ1) is 17.5. The van der Waals surface area contributed by atoms with Gasteiger partial charge in [0.05, 0.1) is 18.1 Å². The summed E-state index contributed by atoms with van der Waals surface area (Å²) in [6, 6.07) is 20.8. The van der Waals surface area contributed by atoms with Gasteiger partial charge in [0.25, 0.3) is 5.69 Å². The first kappa shape index (κ1) is 23.7. The summed E-state index contributed by atoms with van der Waals surface area (Å²) in [6.45, 7) is 2.61. The van der Waals surface area contributed by atoms with Gasteiger partial charge in [0, 0.05) is 61.2 Å². The van der Waals surface area contributed by atoms with E-state index in [-0.39, 0.29) is 29.8 Å². The number of halogens is 1. The summed E-state index contributed by atoms with van der Waals surface area (Å²) >= 11 is 0. The molecule has 1 aliphatic heterocycles. The zero-order valence-electron chi connectivity index (χ0n) is 19.7. The summed E-state index contributed by atoms with van der Waals surface area (Å²) in [6.07, 6.45) is 2.20. The van der Waals surface area contributed by atoms with Crippen molar-refractivity contribution in [2.24, 2.45) is 0 Å². The Balaban J connectivity index is 1.58. The number of fused-ring (bicyclic) bond motifs is 1. The molecule has 5 rings (SSSR count). The number of non-ortho nitro benzene ring substituents is 1. The third-order valence-electron chi connectivity index (χ3n) is 6.69. The highest BCUT2D eigenvalue weighted by Gasteiger charge is 2.27. The number of nitro benzene ring substituents is 1. The Morgan fingerprint density at radius 1 is 1.03 bits per heavy atom. The highest BCUT2D eigenvalue weighted by atomic mass is 19.1. The van der Waals surface area contributed by atoms with Crippen molar-refractivity contribution >= 4 is 22.5 Å². The van der Waals surface area contributed by atoms with Crippen molar-refractivity contribution in [3.05, 3.63) is 112 Å². The molecular formula is C28H26FN3O4. The second-order valence-electron chi connectivity index (χ2n) is 8.96. The van der Waals surface area contributed by atoms with E-state index in [0.717, 1.165) is 27.6 Å². The molecule has 0 bridgehead atoms. The van der Waals surface area contributed by atoms with Crippen molar-refractivity contribution in [2.75, 3.05) is 26.3 Å². The van der Waals surface area contributed by atoms with E-state index in [2.05, 4.69) is 4.57 Å². The molecular weight excluding hydrogens is 461 g/mol. The number of morpholine rings is 1. The van der Waals surface area contributed by atoms with Gasteiger partial charge in [-0.1, -0.05) is 42.5 Å². The molecule has 4 aromatic rings. The smallest absolute Gasteiger partial charge is 0.269 e. The maximum Gasteiger partial charge on any atom is 0.269 e. The molecule has 1 aromatic heterocycles. The van der Waals surface area contributed by atoms with E-state index in [9.17, 15) is 19.3 Å². The van der Waals surface area contributed by atoms with Crippen molar-refractivity contribution in [3.63, 3.8) is 0 Å². The Morgan fingerprint density at radius 2 is 1.78 bits per heavy atom. The largest absolute Gasteiger partial charge is 0.378 e. The maximum atomic E-state index is 13.4. The standard InChI is InChI=1S/C28H26FN3O4/c29-22-10-8-20(9-11-22)18-31-19-26(24-6-1-2-7-27(24)31)25(17-28(33)30-12-14-36-15-13-30)21-4-3-5-23(16-21)32(34)35/h1-11,16,19,25H,12-15,17-18H2/t25-/m1/s1. The van der Waals surface area contributed by atoms with Gasteiger partial charge in [-0.05, 0) is 34.9 Å². The van der Waals surface area contributed by atoms with Gasteiger partial charge in [-0.15, -0.1) is 0 Å². The van der Waals surface area contributed by atoms with Crippen LogP contribution < -0.4 is 0 Å². The number of para-hydroxylation sites is 1. The van der Waals surface area contributed by atoms with Gasteiger partial charge in [-0.2, -0.15) is 0 Å². The minimum atomic E-state index is -0.415. The summed E-state index contributed by atoms with van der Waals surface area (Å²) in [5.41, 5.74) is 3.56. The van der Waals surface area contributed by atoms with Crippen LogP contribution in [0.15, 0.2) is 79.0 Å². The monoisotopic (exact) mass is 487 g/mol. The predicted molar refractivity (Wildman–Crippen MR) is 134 cm³/mol. The van der Waals surface area contributed by atoms with Gasteiger partial charge in [0.15, 0.2) is 0 Å². The summed E-state index contributed by atoms with van der Waals surface area (Å²) < 4.78 is 20.9. The molecule has 0 N–H and O–H groups in total. The highest BCUT2D eigenvalue weighted by molar-refractivity contribution is 5.87. The number of benzene rings is 3. The van der Waals surface area contributed by atoms with Crippen LogP contribution in [0.1, 0.15) is 29.0 Å². The fourth-order valence-corrected chi connectivity index (χ4v) is 4.85. The van der Waals surface area contributed by atoms with Crippen LogP contribution in [-0.2, 0) is 16.1 Å². The van der Waals surface area contributed by atoms with E-state index in [1.54, 1.807) is 29.2 Å². The van der Waals surface area contributed by atoms with Crippen molar-refractivity contribution in [3.8, 4) is 0 Å². The lowest BCUT2D eigenvalue weighted by Crippen LogP contribution is -2.41. The van der Waals surface area contributed by atoms with E-state index in [0.29, 0.717) is 32.8 Å². The van der Waals surface area contributed by atoms with Crippen LogP contribution in [0, 0.1) is 15.9 Å². The molecule has 0 spiro atoms. The molecule has 184 valence electrons. The minimum absolute atomic E-state index is 0.00799. The van der Waals surface area contributed by atoms with Crippen LogP contribution >= 0.6 is 0 Å². The number of carbonyl (C=O) groups is 1. The highest BCUT2D eigenvalue weighted by Crippen LogP contribution is 2.36. The van der Waals surface area contributed by atoms with Crippen LogP contribution in [0.5, 0.6) is 0 Å². The molecule has 1 amide bonds. The maximum absolute atomic E-state index is 13.4. The third kappa shape index (κ3) is 4.99. The summed E-state index contributed by atoms with van der Waals surface area (Å²) in [4.78, 5) is 26.2. The Morgan fingerprint density at radius 3 is 2.53 bits per heavy atom.